The highest BCUT2D eigenvalue weighted by Gasteiger charge is 2.22. The topological polar surface area (TPSA) is 65.5 Å². The van der Waals surface area contributed by atoms with Gasteiger partial charge in [-0.05, 0) is 56.3 Å². The van der Waals surface area contributed by atoms with Gasteiger partial charge in [0.25, 0.3) is 0 Å². The van der Waals surface area contributed by atoms with E-state index in [2.05, 4.69) is 0 Å². The second-order valence-corrected chi connectivity index (χ2v) is 7.58. The highest BCUT2D eigenvalue weighted by atomic mass is 16.5. The number of carbonyl (C=O) groups excluding carboxylic acids is 2. The second kappa shape index (κ2) is 9.02. The van der Waals surface area contributed by atoms with Crippen LogP contribution in [0, 0.1) is 6.92 Å². The molecule has 4 aromatic rings. The van der Waals surface area contributed by atoms with Crippen LogP contribution in [0.1, 0.15) is 33.2 Å². The van der Waals surface area contributed by atoms with Crippen molar-refractivity contribution in [1.29, 1.82) is 0 Å². The Morgan fingerprint density at radius 1 is 0.906 bits per heavy atom. The molecule has 5 nitrogen and oxygen atoms in total. The SMILES string of the molecule is COc1ccc(-c2cc(C(=O)O[C@@H](C)C(=O)c3ccccc3)c3cc(C)ccc3n2)cc1. The van der Waals surface area contributed by atoms with E-state index in [0.717, 1.165) is 16.9 Å². The number of aryl methyl sites for hydroxylation is 1. The summed E-state index contributed by atoms with van der Waals surface area (Å²) in [4.78, 5) is 30.6. The van der Waals surface area contributed by atoms with Gasteiger partial charge in [-0.25, -0.2) is 9.78 Å². The summed E-state index contributed by atoms with van der Waals surface area (Å²) in [6, 6.07) is 23.7. The Balaban J connectivity index is 1.71. The lowest BCUT2D eigenvalue weighted by Crippen LogP contribution is -2.24. The number of aromatic nitrogens is 1. The molecule has 0 saturated carbocycles. The van der Waals surface area contributed by atoms with Gasteiger partial charge in [0, 0.05) is 16.5 Å². The van der Waals surface area contributed by atoms with Crippen LogP contribution in [-0.4, -0.2) is 30.0 Å². The fourth-order valence-electron chi connectivity index (χ4n) is 3.53. The number of methoxy groups -OCH3 is 1. The predicted molar refractivity (Wildman–Crippen MR) is 124 cm³/mol. The number of Topliss-reactive ketones (excluding diaryl/α,β-unsaturated/α-hetero) is 1. The third-order valence-electron chi connectivity index (χ3n) is 5.28. The number of hydrogen-bond acceptors (Lipinski definition) is 5. The Bertz CT molecular complexity index is 1280. The minimum absolute atomic E-state index is 0.246. The quantitative estimate of drug-likeness (QED) is 0.295. The smallest absolute Gasteiger partial charge is 0.339 e. The highest BCUT2D eigenvalue weighted by Crippen LogP contribution is 2.28. The Morgan fingerprint density at radius 3 is 2.31 bits per heavy atom. The highest BCUT2D eigenvalue weighted by molar-refractivity contribution is 6.07. The van der Waals surface area contributed by atoms with Gasteiger partial charge in [0.15, 0.2) is 6.10 Å². The summed E-state index contributed by atoms with van der Waals surface area (Å²) in [5.74, 6) is -0.0727. The van der Waals surface area contributed by atoms with Crippen LogP contribution in [0.15, 0.2) is 78.9 Å². The lowest BCUT2D eigenvalue weighted by atomic mass is 10.0. The van der Waals surface area contributed by atoms with Gasteiger partial charge in [-0.2, -0.15) is 0 Å². The van der Waals surface area contributed by atoms with E-state index in [1.165, 1.54) is 0 Å². The first-order valence-corrected chi connectivity index (χ1v) is 10.3. The maximum Gasteiger partial charge on any atom is 0.339 e. The molecule has 1 heterocycles. The van der Waals surface area contributed by atoms with E-state index >= 15 is 0 Å². The Labute approximate surface area is 186 Å². The molecule has 160 valence electrons. The van der Waals surface area contributed by atoms with Crippen LogP contribution >= 0.6 is 0 Å². The number of nitrogens with zero attached hydrogens (tertiary/aromatic N) is 1. The van der Waals surface area contributed by atoms with Crippen molar-refractivity contribution in [2.45, 2.75) is 20.0 Å². The first-order chi connectivity index (χ1) is 15.5. The molecule has 0 amide bonds. The molecule has 0 unspecified atom stereocenters. The number of hydrogen-bond donors (Lipinski definition) is 0. The number of rotatable bonds is 6. The zero-order chi connectivity index (χ0) is 22.7. The Hall–Kier alpha value is -3.99. The average molecular weight is 425 g/mol. The molecule has 1 atom stereocenters. The predicted octanol–water partition coefficient (Wildman–Crippen LogP) is 5.65. The molecule has 0 N–H and O–H groups in total. The van der Waals surface area contributed by atoms with E-state index < -0.39 is 12.1 Å². The van der Waals surface area contributed by atoms with Gasteiger partial charge in [0.1, 0.15) is 5.75 Å². The molecular formula is C27H23NO4. The van der Waals surface area contributed by atoms with Gasteiger partial charge in [-0.3, -0.25) is 4.79 Å². The zero-order valence-electron chi connectivity index (χ0n) is 18.2. The zero-order valence-corrected chi connectivity index (χ0v) is 18.2. The van der Waals surface area contributed by atoms with Crippen LogP contribution in [0.5, 0.6) is 5.75 Å². The van der Waals surface area contributed by atoms with Gasteiger partial charge >= 0.3 is 5.97 Å². The summed E-state index contributed by atoms with van der Waals surface area (Å²) in [7, 11) is 1.61. The maximum absolute atomic E-state index is 13.2. The van der Waals surface area contributed by atoms with Gasteiger partial charge in [0.05, 0.1) is 23.9 Å². The van der Waals surface area contributed by atoms with Crippen molar-refractivity contribution in [2.75, 3.05) is 7.11 Å². The minimum atomic E-state index is -0.914. The van der Waals surface area contributed by atoms with Crippen LogP contribution in [0.2, 0.25) is 0 Å². The number of carbonyl (C=O) groups is 2. The van der Waals surface area contributed by atoms with E-state index in [9.17, 15) is 9.59 Å². The second-order valence-electron chi connectivity index (χ2n) is 7.58. The Kier molecular flexibility index (Phi) is 5.99. The molecule has 0 aliphatic rings. The van der Waals surface area contributed by atoms with E-state index in [0.29, 0.717) is 27.7 Å². The van der Waals surface area contributed by atoms with Crippen molar-refractivity contribution in [3.05, 3.63) is 95.6 Å². The van der Waals surface area contributed by atoms with Gasteiger partial charge in [-0.1, -0.05) is 42.0 Å². The van der Waals surface area contributed by atoms with Gasteiger partial charge in [0.2, 0.25) is 5.78 Å². The standard InChI is InChI=1S/C27H23NO4/c1-17-9-14-24-22(15-17)23(16-25(28-24)19-10-12-21(31-3)13-11-19)27(30)32-18(2)26(29)20-7-5-4-6-8-20/h4-16,18H,1-3H3/t18-/m0/s1. The lowest BCUT2D eigenvalue weighted by molar-refractivity contribution is 0.0320. The summed E-state index contributed by atoms with van der Waals surface area (Å²) < 4.78 is 10.8. The van der Waals surface area contributed by atoms with E-state index in [1.54, 1.807) is 44.4 Å². The molecule has 32 heavy (non-hydrogen) atoms. The Morgan fingerprint density at radius 2 is 1.62 bits per heavy atom. The molecule has 4 rings (SSSR count). The van der Waals surface area contributed by atoms with Crippen molar-refractivity contribution in [3.8, 4) is 17.0 Å². The molecule has 0 radical (unpaired) electrons. The number of ether oxygens (including phenoxy) is 2. The summed E-state index contributed by atoms with van der Waals surface area (Å²) in [5.41, 5.74) is 4.03. The van der Waals surface area contributed by atoms with Crippen molar-refractivity contribution in [3.63, 3.8) is 0 Å². The summed E-state index contributed by atoms with van der Waals surface area (Å²) in [6.07, 6.45) is -0.914. The van der Waals surface area contributed by atoms with E-state index in [4.69, 9.17) is 14.5 Å². The number of fused-ring (bicyclic) bond motifs is 1. The van der Waals surface area contributed by atoms with Crippen LogP contribution in [0.4, 0.5) is 0 Å². The number of ketones is 1. The molecule has 0 aliphatic carbocycles. The van der Waals surface area contributed by atoms with Crippen LogP contribution in [0.25, 0.3) is 22.2 Å². The largest absolute Gasteiger partial charge is 0.497 e. The third-order valence-corrected chi connectivity index (χ3v) is 5.28. The average Bonchev–Trinajstić information content (AvgIpc) is 2.83. The van der Waals surface area contributed by atoms with E-state index in [1.807, 2.05) is 55.5 Å². The number of benzene rings is 3. The maximum atomic E-state index is 13.2. The molecule has 5 heteroatoms. The molecule has 1 aromatic heterocycles. The molecule has 3 aromatic carbocycles. The van der Waals surface area contributed by atoms with Gasteiger partial charge < -0.3 is 9.47 Å². The minimum Gasteiger partial charge on any atom is -0.497 e. The third kappa shape index (κ3) is 4.37. The fraction of sp³-hybridized carbons (Fsp3) is 0.148. The molecular weight excluding hydrogens is 402 g/mol. The molecule has 0 spiro atoms. The van der Waals surface area contributed by atoms with Crippen LogP contribution < -0.4 is 4.74 Å². The number of pyridine rings is 1. The summed E-state index contributed by atoms with van der Waals surface area (Å²) in [5, 5.41) is 0.687. The van der Waals surface area contributed by atoms with Crippen LogP contribution in [-0.2, 0) is 4.74 Å². The monoisotopic (exact) mass is 425 g/mol. The summed E-state index contributed by atoms with van der Waals surface area (Å²) >= 11 is 0. The summed E-state index contributed by atoms with van der Waals surface area (Å²) in [6.45, 7) is 3.54. The normalized spacial score (nSPS) is 11.7. The molecule has 0 bridgehead atoms. The fourth-order valence-corrected chi connectivity index (χ4v) is 3.53. The molecule has 0 aliphatic heterocycles. The van der Waals surface area contributed by atoms with Gasteiger partial charge in [-0.15, -0.1) is 0 Å². The van der Waals surface area contributed by atoms with Crippen molar-refractivity contribution < 1.29 is 19.1 Å². The molecule has 0 fully saturated rings. The first kappa shape index (κ1) is 21.2. The molecule has 0 saturated heterocycles. The van der Waals surface area contributed by atoms with Crippen molar-refractivity contribution in [2.24, 2.45) is 0 Å². The van der Waals surface area contributed by atoms with Crippen molar-refractivity contribution >= 4 is 22.7 Å². The van der Waals surface area contributed by atoms with Crippen LogP contribution in [0.3, 0.4) is 0 Å². The van der Waals surface area contributed by atoms with E-state index in [-0.39, 0.29) is 5.78 Å². The van der Waals surface area contributed by atoms with Crippen molar-refractivity contribution in [1.82, 2.24) is 4.98 Å². The lowest BCUT2D eigenvalue weighted by Gasteiger charge is -2.15. The first-order valence-electron chi connectivity index (χ1n) is 10.3. The number of esters is 1.